The van der Waals surface area contributed by atoms with Gasteiger partial charge in [0.1, 0.15) is 16.9 Å². The zero-order chi connectivity index (χ0) is 20.0. The number of fused-ring (bicyclic) bond motifs is 3. The molecule has 2 saturated carbocycles. The van der Waals surface area contributed by atoms with E-state index in [1.807, 2.05) is 35.7 Å². The lowest BCUT2D eigenvalue weighted by Gasteiger charge is -2.36. The Bertz CT molecular complexity index is 1140. The summed E-state index contributed by atoms with van der Waals surface area (Å²) in [6.07, 6.45) is 5.36. The Morgan fingerprint density at radius 2 is 1.83 bits per heavy atom. The summed E-state index contributed by atoms with van der Waals surface area (Å²) in [4.78, 5) is 43.3. The maximum atomic E-state index is 13.1. The molecule has 0 spiro atoms. The topological polar surface area (TPSA) is 81.1 Å². The lowest BCUT2D eigenvalue weighted by molar-refractivity contribution is -0.136. The molecule has 2 aliphatic rings. The molecule has 2 aliphatic carbocycles. The lowest BCUT2D eigenvalue weighted by atomic mass is 9.67. The molecular formula is C22H21N3O3S. The van der Waals surface area contributed by atoms with Crippen molar-refractivity contribution in [1.29, 1.82) is 0 Å². The summed E-state index contributed by atoms with van der Waals surface area (Å²) in [5.41, 5.74) is 4.23. The summed E-state index contributed by atoms with van der Waals surface area (Å²) < 4.78 is 1.19. The van der Waals surface area contributed by atoms with Gasteiger partial charge in [-0.3, -0.25) is 19.8 Å². The first-order valence-electron chi connectivity index (χ1n) is 10.0. The van der Waals surface area contributed by atoms with Gasteiger partial charge in [-0.05, 0) is 31.2 Å². The van der Waals surface area contributed by atoms with Crippen molar-refractivity contribution in [2.45, 2.75) is 32.1 Å². The Morgan fingerprint density at radius 1 is 1.10 bits per heavy atom. The monoisotopic (exact) mass is 407 g/mol. The van der Waals surface area contributed by atoms with E-state index in [0.717, 1.165) is 30.4 Å². The highest BCUT2D eigenvalue weighted by molar-refractivity contribution is 7.17. The van der Waals surface area contributed by atoms with Gasteiger partial charge in [-0.25, -0.2) is 9.66 Å². The lowest BCUT2D eigenvalue weighted by Crippen LogP contribution is -2.43. The van der Waals surface area contributed by atoms with E-state index in [0.29, 0.717) is 28.8 Å². The van der Waals surface area contributed by atoms with E-state index in [1.54, 1.807) is 0 Å². The fourth-order valence-electron chi connectivity index (χ4n) is 4.75. The second kappa shape index (κ2) is 7.22. The molecule has 2 heterocycles. The Hall–Kier alpha value is -2.80. The van der Waals surface area contributed by atoms with Crippen LogP contribution in [0, 0.1) is 17.8 Å². The molecule has 5 rings (SSSR count). The van der Waals surface area contributed by atoms with E-state index in [1.165, 1.54) is 22.3 Å². The normalized spacial score (nSPS) is 23.9. The highest BCUT2D eigenvalue weighted by Gasteiger charge is 2.41. The van der Waals surface area contributed by atoms with Crippen molar-refractivity contribution in [3.8, 4) is 11.1 Å². The number of thiophene rings is 1. The number of hydrogen-bond acceptors (Lipinski definition) is 5. The number of aromatic nitrogens is 2. The van der Waals surface area contributed by atoms with Gasteiger partial charge in [-0.2, -0.15) is 0 Å². The van der Waals surface area contributed by atoms with Gasteiger partial charge >= 0.3 is 0 Å². The predicted molar refractivity (Wildman–Crippen MR) is 112 cm³/mol. The number of nitrogens with zero attached hydrogens (tertiary/aromatic N) is 2. The quantitative estimate of drug-likeness (QED) is 0.719. The van der Waals surface area contributed by atoms with Crippen LogP contribution in [0.2, 0.25) is 0 Å². The Labute approximate surface area is 171 Å². The molecule has 3 aromatic rings. The summed E-state index contributed by atoms with van der Waals surface area (Å²) in [5.74, 6) is -0.114. The SMILES string of the molecule is O=C(Nn1cnc2scc(-c3ccccc3)c2c1=O)C1CC2CCCC(C1)C2=O. The number of amides is 1. The molecule has 148 valence electrons. The van der Waals surface area contributed by atoms with E-state index in [-0.39, 0.29) is 29.2 Å². The standard InChI is InChI=1S/C22H21N3O3S/c26-19-14-7-4-8-15(19)10-16(9-14)20(27)24-25-12-23-21-18(22(25)28)17(11-29-21)13-5-2-1-3-6-13/h1-3,5-6,11-12,14-16H,4,7-10H2,(H,24,27). The molecule has 1 N–H and O–H groups in total. The van der Waals surface area contributed by atoms with Crippen LogP contribution in [0.15, 0.2) is 46.8 Å². The van der Waals surface area contributed by atoms with Crippen LogP contribution in [0.5, 0.6) is 0 Å². The first-order chi connectivity index (χ1) is 14.1. The van der Waals surface area contributed by atoms with Gasteiger partial charge in [0.25, 0.3) is 5.56 Å². The molecule has 1 aromatic carbocycles. The van der Waals surface area contributed by atoms with Crippen molar-refractivity contribution >= 4 is 33.2 Å². The molecule has 6 nitrogen and oxygen atoms in total. The molecule has 0 aliphatic heterocycles. The number of rotatable bonds is 3. The molecule has 0 radical (unpaired) electrons. The van der Waals surface area contributed by atoms with Gasteiger partial charge in [0.15, 0.2) is 0 Å². The molecule has 2 unspecified atom stereocenters. The number of carbonyl (C=O) groups excluding carboxylic acids is 2. The summed E-state index contributed by atoms with van der Waals surface area (Å²) in [7, 11) is 0. The number of hydrogen-bond donors (Lipinski definition) is 1. The third-order valence-electron chi connectivity index (χ3n) is 6.23. The average Bonchev–Trinajstić information content (AvgIpc) is 3.15. The first kappa shape index (κ1) is 18.2. The van der Waals surface area contributed by atoms with Gasteiger partial charge in [0, 0.05) is 28.7 Å². The Morgan fingerprint density at radius 3 is 2.55 bits per heavy atom. The van der Waals surface area contributed by atoms with Crippen LogP contribution in [0.25, 0.3) is 21.3 Å². The van der Waals surface area contributed by atoms with Gasteiger partial charge in [0.2, 0.25) is 5.91 Å². The number of Topliss-reactive ketones (excluding diaryl/α,β-unsaturated/α-hetero) is 1. The second-order valence-electron chi connectivity index (χ2n) is 7.99. The largest absolute Gasteiger partial charge is 0.299 e. The number of carbonyl (C=O) groups is 2. The smallest absolute Gasteiger partial charge is 0.281 e. The first-order valence-corrected chi connectivity index (χ1v) is 10.9. The number of ketones is 1. The van der Waals surface area contributed by atoms with Crippen molar-refractivity contribution in [3.63, 3.8) is 0 Å². The van der Waals surface area contributed by atoms with Gasteiger partial charge < -0.3 is 0 Å². The Kier molecular flexibility index (Phi) is 4.54. The van der Waals surface area contributed by atoms with E-state index in [4.69, 9.17) is 0 Å². The zero-order valence-corrected chi connectivity index (χ0v) is 16.7. The van der Waals surface area contributed by atoms with E-state index in [2.05, 4.69) is 10.4 Å². The molecule has 2 aromatic heterocycles. The summed E-state index contributed by atoms with van der Waals surface area (Å²) in [6, 6.07) is 9.69. The maximum Gasteiger partial charge on any atom is 0.281 e. The molecule has 7 heteroatoms. The van der Waals surface area contributed by atoms with E-state index < -0.39 is 0 Å². The third kappa shape index (κ3) is 3.19. The highest BCUT2D eigenvalue weighted by Crippen LogP contribution is 2.40. The molecule has 2 fully saturated rings. The minimum Gasteiger partial charge on any atom is -0.299 e. The van der Waals surface area contributed by atoms with Gasteiger partial charge in [0.05, 0.1) is 5.39 Å². The summed E-state index contributed by atoms with van der Waals surface area (Å²) >= 11 is 1.42. The van der Waals surface area contributed by atoms with Crippen LogP contribution in [0.4, 0.5) is 0 Å². The molecule has 2 bridgehead atoms. The third-order valence-corrected chi connectivity index (χ3v) is 7.12. The van der Waals surface area contributed by atoms with Crippen LogP contribution in [-0.2, 0) is 9.59 Å². The number of nitrogens with one attached hydrogen (secondary N) is 1. The van der Waals surface area contributed by atoms with Crippen LogP contribution < -0.4 is 11.0 Å². The van der Waals surface area contributed by atoms with Crippen LogP contribution >= 0.6 is 11.3 Å². The summed E-state index contributed by atoms with van der Waals surface area (Å²) in [6.45, 7) is 0. The highest BCUT2D eigenvalue weighted by atomic mass is 32.1. The van der Waals surface area contributed by atoms with Crippen LogP contribution in [0.1, 0.15) is 32.1 Å². The molecular weight excluding hydrogens is 386 g/mol. The van der Waals surface area contributed by atoms with Crippen molar-refractivity contribution in [2.24, 2.45) is 17.8 Å². The van der Waals surface area contributed by atoms with Crippen LogP contribution in [-0.4, -0.2) is 21.4 Å². The van der Waals surface area contributed by atoms with Crippen molar-refractivity contribution < 1.29 is 9.59 Å². The minimum atomic E-state index is -0.282. The van der Waals surface area contributed by atoms with Crippen molar-refractivity contribution in [2.75, 3.05) is 5.43 Å². The van der Waals surface area contributed by atoms with E-state index >= 15 is 0 Å². The van der Waals surface area contributed by atoms with Crippen molar-refractivity contribution in [3.05, 3.63) is 52.4 Å². The van der Waals surface area contributed by atoms with Crippen LogP contribution in [0.3, 0.4) is 0 Å². The number of benzene rings is 1. The molecule has 0 saturated heterocycles. The van der Waals surface area contributed by atoms with E-state index in [9.17, 15) is 14.4 Å². The minimum absolute atomic E-state index is 0.00265. The van der Waals surface area contributed by atoms with Gasteiger partial charge in [-0.1, -0.05) is 36.8 Å². The molecule has 29 heavy (non-hydrogen) atoms. The predicted octanol–water partition coefficient (Wildman–Crippen LogP) is 3.59. The van der Waals surface area contributed by atoms with Gasteiger partial charge in [-0.15, -0.1) is 11.3 Å². The second-order valence-corrected chi connectivity index (χ2v) is 8.84. The molecule has 2 atom stereocenters. The van der Waals surface area contributed by atoms with Crippen molar-refractivity contribution in [1.82, 2.24) is 9.66 Å². The molecule has 1 amide bonds. The average molecular weight is 407 g/mol. The Balaban J connectivity index is 1.44. The zero-order valence-electron chi connectivity index (χ0n) is 15.8. The summed E-state index contributed by atoms with van der Waals surface area (Å²) in [5, 5.41) is 2.44. The maximum absolute atomic E-state index is 13.1. The fraction of sp³-hybridized carbons (Fsp3) is 0.364. The fourth-order valence-corrected chi connectivity index (χ4v) is 5.65.